The van der Waals surface area contributed by atoms with Crippen molar-refractivity contribution in [2.45, 2.75) is 64.1 Å². The fraction of sp³-hybridized carbons (Fsp3) is 0.462. The van der Waals surface area contributed by atoms with Crippen molar-refractivity contribution in [1.29, 1.82) is 0 Å². The lowest BCUT2D eigenvalue weighted by molar-refractivity contribution is -0.134. The Morgan fingerprint density at radius 3 is 2.73 bits per heavy atom. The predicted molar refractivity (Wildman–Crippen MR) is 134 cm³/mol. The predicted octanol–water partition coefficient (Wildman–Crippen LogP) is 5.51. The standard InChI is InChI=1S/C26H30ClN3O2S/c1-17-5-3-4-6-20(17)28-25(32)26(2)16-29-21-12-14-33-23(21)15-22(29)24(31)30(26)13-11-18-7-9-19(27)10-8-18/h7-10,12,14-15,17,20H,3-6,11,13,16H2,1-2H3,(H,28,32). The van der Waals surface area contributed by atoms with E-state index in [9.17, 15) is 9.59 Å². The second kappa shape index (κ2) is 8.80. The Kier molecular flexibility index (Phi) is 6.00. The molecule has 3 aromatic rings. The highest BCUT2D eigenvalue weighted by Crippen LogP contribution is 2.35. The summed E-state index contributed by atoms with van der Waals surface area (Å²) in [5.74, 6) is 0.334. The van der Waals surface area contributed by atoms with Crippen LogP contribution in [0.4, 0.5) is 0 Å². The van der Waals surface area contributed by atoms with E-state index in [2.05, 4.69) is 12.2 Å². The summed E-state index contributed by atoms with van der Waals surface area (Å²) in [5.41, 5.74) is 1.84. The van der Waals surface area contributed by atoms with E-state index in [1.54, 1.807) is 16.2 Å². The molecule has 1 saturated carbocycles. The molecular formula is C26H30ClN3O2S. The molecule has 1 aromatic carbocycles. The van der Waals surface area contributed by atoms with Crippen LogP contribution < -0.4 is 5.32 Å². The van der Waals surface area contributed by atoms with Gasteiger partial charge in [-0.05, 0) is 67.3 Å². The van der Waals surface area contributed by atoms with E-state index in [0.29, 0.717) is 36.1 Å². The summed E-state index contributed by atoms with van der Waals surface area (Å²) in [6.07, 6.45) is 5.17. The van der Waals surface area contributed by atoms with E-state index < -0.39 is 5.54 Å². The maximum Gasteiger partial charge on any atom is 0.271 e. The van der Waals surface area contributed by atoms with Gasteiger partial charge in [0.1, 0.15) is 11.2 Å². The highest BCUT2D eigenvalue weighted by atomic mass is 35.5. The number of nitrogens with zero attached hydrogens (tertiary/aromatic N) is 2. The summed E-state index contributed by atoms with van der Waals surface area (Å²) in [5, 5.41) is 6.07. The van der Waals surface area contributed by atoms with Crippen LogP contribution in [0.5, 0.6) is 0 Å². The van der Waals surface area contributed by atoms with E-state index in [-0.39, 0.29) is 17.9 Å². The number of hydrogen-bond donors (Lipinski definition) is 1. The molecule has 0 saturated heterocycles. The molecule has 0 bridgehead atoms. The second-order valence-electron chi connectivity index (χ2n) is 9.73. The van der Waals surface area contributed by atoms with Crippen molar-refractivity contribution in [3.05, 3.63) is 58.1 Å². The zero-order valence-corrected chi connectivity index (χ0v) is 20.7. The number of amides is 2. The van der Waals surface area contributed by atoms with Gasteiger partial charge in [0.05, 0.1) is 16.8 Å². The number of hydrogen-bond acceptors (Lipinski definition) is 3. The molecule has 0 radical (unpaired) electrons. The lowest BCUT2D eigenvalue weighted by Gasteiger charge is -2.45. The summed E-state index contributed by atoms with van der Waals surface area (Å²) in [4.78, 5) is 29.4. The molecule has 1 N–H and O–H groups in total. The minimum Gasteiger partial charge on any atom is -0.351 e. The first kappa shape index (κ1) is 22.5. The third-order valence-corrected chi connectivity index (χ3v) is 8.61. The summed E-state index contributed by atoms with van der Waals surface area (Å²) in [6.45, 7) is 5.08. The molecule has 1 aliphatic heterocycles. The molecule has 3 heterocycles. The van der Waals surface area contributed by atoms with Crippen LogP contribution in [-0.4, -0.2) is 39.4 Å². The normalized spacial score (nSPS) is 25.3. The van der Waals surface area contributed by atoms with Gasteiger partial charge in [-0.1, -0.05) is 43.5 Å². The summed E-state index contributed by atoms with van der Waals surface area (Å²) >= 11 is 7.67. The van der Waals surface area contributed by atoms with Gasteiger partial charge in [0.2, 0.25) is 5.91 Å². The number of halogens is 1. The third-order valence-electron chi connectivity index (χ3n) is 7.50. The second-order valence-corrected chi connectivity index (χ2v) is 11.1. The Bertz CT molecular complexity index is 1180. The van der Waals surface area contributed by atoms with Crippen LogP contribution in [0.15, 0.2) is 41.8 Å². The molecule has 5 nitrogen and oxygen atoms in total. The smallest absolute Gasteiger partial charge is 0.271 e. The molecule has 5 rings (SSSR count). The van der Waals surface area contributed by atoms with Crippen molar-refractivity contribution in [2.75, 3.05) is 6.54 Å². The first-order valence-corrected chi connectivity index (χ1v) is 13.1. The monoisotopic (exact) mass is 483 g/mol. The number of nitrogens with one attached hydrogen (secondary N) is 1. The van der Waals surface area contributed by atoms with E-state index in [0.717, 1.165) is 35.0 Å². The van der Waals surface area contributed by atoms with Gasteiger partial charge in [-0.2, -0.15) is 0 Å². The van der Waals surface area contributed by atoms with Gasteiger partial charge in [-0.15, -0.1) is 11.3 Å². The van der Waals surface area contributed by atoms with Gasteiger partial charge in [0, 0.05) is 17.6 Å². The Balaban J connectivity index is 1.47. The summed E-state index contributed by atoms with van der Waals surface area (Å²) in [7, 11) is 0. The molecular weight excluding hydrogens is 454 g/mol. The van der Waals surface area contributed by atoms with Crippen LogP contribution in [0.2, 0.25) is 5.02 Å². The molecule has 33 heavy (non-hydrogen) atoms. The maximum absolute atomic E-state index is 13.8. The highest BCUT2D eigenvalue weighted by Gasteiger charge is 2.48. The van der Waals surface area contributed by atoms with Gasteiger partial charge in [0.25, 0.3) is 5.91 Å². The fourth-order valence-electron chi connectivity index (χ4n) is 5.37. The molecule has 7 heteroatoms. The van der Waals surface area contributed by atoms with Crippen molar-refractivity contribution >= 4 is 45.0 Å². The molecule has 0 spiro atoms. The molecule has 2 amide bonds. The van der Waals surface area contributed by atoms with Gasteiger partial charge in [-0.3, -0.25) is 9.59 Å². The van der Waals surface area contributed by atoms with Gasteiger partial charge < -0.3 is 14.8 Å². The third kappa shape index (κ3) is 4.08. The van der Waals surface area contributed by atoms with Crippen LogP contribution in [0.3, 0.4) is 0 Å². The number of fused-ring (bicyclic) bond motifs is 3. The maximum atomic E-state index is 13.8. The number of carbonyl (C=O) groups excluding carboxylic acids is 2. The van der Waals surface area contributed by atoms with Crippen molar-refractivity contribution in [3.63, 3.8) is 0 Å². The molecule has 2 aromatic heterocycles. The lowest BCUT2D eigenvalue weighted by atomic mass is 9.85. The lowest BCUT2D eigenvalue weighted by Crippen LogP contribution is -2.65. The molecule has 3 atom stereocenters. The first-order chi connectivity index (χ1) is 15.9. The van der Waals surface area contributed by atoms with Crippen molar-refractivity contribution in [2.24, 2.45) is 5.92 Å². The average molecular weight is 484 g/mol. The fourth-order valence-corrected chi connectivity index (χ4v) is 6.32. The minimum atomic E-state index is -0.957. The number of carbonyl (C=O) groups is 2. The summed E-state index contributed by atoms with van der Waals surface area (Å²) < 4.78 is 3.12. The van der Waals surface area contributed by atoms with Crippen LogP contribution in [0.25, 0.3) is 10.2 Å². The van der Waals surface area contributed by atoms with Crippen molar-refractivity contribution in [3.8, 4) is 0 Å². The Labute approximate surface area is 203 Å². The van der Waals surface area contributed by atoms with Gasteiger partial charge in [0.15, 0.2) is 0 Å². The van der Waals surface area contributed by atoms with Crippen LogP contribution in [0, 0.1) is 5.92 Å². The Morgan fingerprint density at radius 1 is 1.21 bits per heavy atom. The zero-order valence-electron chi connectivity index (χ0n) is 19.1. The summed E-state index contributed by atoms with van der Waals surface area (Å²) in [6, 6.07) is 11.9. The first-order valence-electron chi connectivity index (χ1n) is 11.8. The van der Waals surface area contributed by atoms with E-state index in [4.69, 9.17) is 11.6 Å². The molecule has 1 fully saturated rings. The molecule has 1 aliphatic carbocycles. The Morgan fingerprint density at radius 2 is 1.97 bits per heavy atom. The number of thiophene rings is 1. The van der Waals surface area contributed by atoms with Crippen LogP contribution >= 0.6 is 22.9 Å². The van der Waals surface area contributed by atoms with Gasteiger partial charge >= 0.3 is 0 Å². The average Bonchev–Trinajstić information content (AvgIpc) is 3.39. The van der Waals surface area contributed by atoms with Crippen molar-refractivity contribution in [1.82, 2.24) is 14.8 Å². The van der Waals surface area contributed by atoms with Gasteiger partial charge in [-0.25, -0.2) is 0 Å². The molecule has 3 unspecified atom stereocenters. The SMILES string of the molecule is CC1CCCCC1NC(=O)C1(C)Cn2c(cc3sccc32)C(=O)N1CCc1ccc(Cl)cc1. The number of aromatic nitrogens is 1. The van der Waals surface area contributed by atoms with E-state index in [1.165, 1.54) is 6.42 Å². The topological polar surface area (TPSA) is 54.3 Å². The minimum absolute atomic E-state index is 0.0477. The molecule has 2 aliphatic rings. The van der Waals surface area contributed by atoms with Crippen LogP contribution in [0.1, 0.15) is 55.6 Å². The highest BCUT2D eigenvalue weighted by molar-refractivity contribution is 7.17. The van der Waals surface area contributed by atoms with Crippen molar-refractivity contribution < 1.29 is 9.59 Å². The van der Waals surface area contributed by atoms with E-state index in [1.807, 2.05) is 53.3 Å². The number of rotatable bonds is 5. The zero-order chi connectivity index (χ0) is 23.2. The Hall–Kier alpha value is -2.31. The number of benzene rings is 1. The largest absolute Gasteiger partial charge is 0.351 e. The van der Waals surface area contributed by atoms with E-state index >= 15 is 0 Å². The molecule has 174 valence electrons. The quantitative estimate of drug-likeness (QED) is 0.520. The van der Waals surface area contributed by atoms with Crippen LogP contribution in [-0.2, 0) is 17.8 Å².